The van der Waals surface area contributed by atoms with Crippen LogP contribution in [0, 0.1) is 0 Å². The molecule has 1 amide bonds. The Balaban J connectivity index is 1.43. The summed E-state index contributed by atoms with van der Waals surface area (Å²) in [6, 6.07) is 17.2. The molecular weight excluding hydrogens is 388 g/mol. The molecular formula is C22H22N2O4S. The summed E-state index contributed by atoms with van der Waals surface area (Å²) in [7, 11) is 0.200. The molecule has 0 saturated heterocycles. The third-order valence-corrected chi connectivity index (χ3v) is 6.18. The Morgan fingerprint density at radius 2 is 2.00 bits per heavy atom. The molecule has 2 aromatic carbocycles. The number of hydrogen-bond acceptors (Lipinski definition) is 5. The summed E-state index contributed by atoms with van der Waals surface area (Å²) >= 11 is 0. The Morgan fingerprint density at radius 3 is 2.83 bits per heavy atom. The van der Waals surface area contributed by atoms with Crippen LogP contribution in [0.4, 0.5) is 5.69 Å². The summed E-state index contributed by atoms with van der Waals surface area (Å²) in [5, 5.41) is 4.06. The van der Waals surface area contributed by atoms with Gasteiger partial charge in [-0.3, -0.25) is 9.00 Å². The van der Waals surface area contributed by atoms with Crippen LogP contribution >= 0.6 is 0 Å². The molecule has 29 heavy (non-hydrogen) atoms. The van der Waals surface area contributed by atoms with Crippen molar-refractivity contribution in [2.45, 2.75) is 25.1 Å². The van der Waals surface area contributed by atoms with Crippen molar-refractivity contribution in [2.24, 2.45) is 0 Å². The predicted molar refractivity (Wildman–Crippen MR) is 112 cm³/mol. The van der Waals surface area contributed by atoms with Gasteiger partial charge in [0.25, 0.3) is 0 Å². The van der Waals surface area contributed by atoms with Crippen molar-refractivity contribution in [1.82, 2.24) is 5.16 Å². The van der Waals surface area contributed by atoms with Crippen molar-refractivity contribution in [3.05, 3.63) is 65.9 Å². The van der Waals surface area contributed by atoms with E-state index in [-0.39, 0.29) is 23.5 Å². The zero-order valence-corrected chi connectivity index (χ0v) is 17.1. The quantitative estimate of drug-likeness (QED) is 0.621. The average Bonchev–Trinajstić information content (AvgIpc) is 3.30. The van der Waals surface area contributed by atoms with Gasteiger partial charge in [0.15, 0.2) is 0 Å². The highest BCUT2D eigenvalue weighted by Crippen LogP contribution is 2.32. The number of hydrogen-bond donors (Lipinski definition) is 0. The summed E-state index contributed by atoms with van der Waals surface area (Å²) in [6.45, 7) is 2.01. The standard InChI is InChI=1S/C22H22N2O4S/c1-15-11-16-7-3-5-9-20(16)24(15)22(25)14-29(26)13-17-12-19(23-28-17)18-8-4-6-10-21(18)27-2/h3-10,12,15H,11,13-14H2,1-2H3/t15-,29+/m1/s1. The van der Waals surface area contributed by atoms with Crippen LogP contribution in [-0.2, 0) is 27.8 Å². The molecule has 0 N–H and O–H groups in total. The van der Waals surface area contributed by atoms with Crippen LogP contribution < -0.4 is 9.64 Å². The van der Waals surface area contributed by atoms with Crippen molar-refractivity contribution in [1.29, 1.82) is 0 Å². The van der Waals surface area contributed by atoms with Crippen molar-refractivity contribution < 1.29 is 18.3 Å². The number of para-hydroxylation sites is 2. The molecule has 7 heteroatoms. The number of aromatic nitrogens is 1. The molecule has 0 fully saturated rings. The Kier molecular flexibility index (Phi) is 5.49. The molecule has 1 aliphatic heterocycles. The molecule has 6 nitrogen and oxygen atoms in total. The lowest BCUT2D eigenvalue weighted by molar-refractivity contribution is -0.116. The van der Waals surface area contributed by atoms with Crippen LogP contribution in [0.3, 0.4) is 0 Å². The zero-order valence-electron chi connectivity index (χ0n) is 16.3. The maximum atomic E-state index is 12.8. The minimum atomic E-state index is -1.40. The molecule has 0 radical (unpaired) electrons. The van der Waals surface area contributed by atoms with Crippen LogP contribution in [0.25, 0.3) is 11.3 Å². The number of rotatable bonds is 6. The molecule has 0 saturated carbocycles. The Labute approximate surface area is 171 Å². The van der Waals surface area contributed by atoms with Crippen molar-refractivity contribution in [2.75, 3.05) is 17.8 Å². The second-order valence-corrected chi connectivity index (χ2v) is 8.51. The van der Waals surface area contributed by atoms with Crippen LogP contribution in [0.5, 0.6) is 5.75 Å². The number of ether oxygens (including phenoxy) is 1. The Morgan fingerprint density at radius 1 is 1.24 bits per heavy atom. The van der Waals surface area contributed by atoms with Crippen molar-refractivity contribution in [3.63, 3.8) is 0 Å². The molecule has 150 valence electrons. The number of methoxy groups -OCH3 is 1. The number of nitrogens with zero attached hydrogens (tertiary/aromatic N) is 2. The fourth-order valence-electron chi connectivity index (χ4n) is 3.73. The summed E-state index contributed by atoms with van der Waals surface area (Å²) in [5.41, 5.74) is 3.48. The third kappa shape index (κ3) is 3.96. The third-order valence-electron chi connectivity index (χ3n) is 5.01. The minimum Gasteiger partial charge on any atom is -0.496 e. The maximum Gasteiger partial charge on any atom is 0.239 e. The van der Waals surface area contributed by atoms with E-state index in [9.17, 15) is 9.00 Å². The fourth-order valence-corrected chi connectivity index (χ4v) is 4.70. The fraction of sp³-hybridized carbons (Fsp3) is 0.273. The first kappa shape index (κ1) is 19.4. The van der Waals surface area contributed by atoms with Crippen LogP contribution in [-0.4, -0.2) is 34.2 Å². The molecule has 1 aromatic heterocycles. The van der Waals surface area contributed by atoms with Gasteiger partial charge in [-0.15, -0.1) is 0 Å². The summed E-state index contributed by atoms with van der Waals surface area (Å²) in [6.07, 6.45) is 0.818. The molecule has 0 spiro atoms. The van der Waals surface area contributed by atoms with E-state index in [4.69, 9.17) is 9.26 Å². The lowest BCUT2D eigenvalue weighted by Gasteiger charge is -2.22. The van der Waals surface area contributed by atoms with Gasteiger partial charge < -0.3 is 14.2 Å². The number of amides is 1. The lowest BCUT2D eigenvalue weighted by atomic mass is 10.1. The zero-order chi connectivity index (χ0) is 20.4. The number of anilines is 1. The van der Waals surface area contributed by atoms with E-state index in [1.807, 2.05) is 55.5 Å². The molecule has 0 unspecified atom stereocenters. The van der Waals surface area contributed by atoms with Gasteiger partial charge in [-0.05, 0) is 37.1 Å². The van der Waals surface area contributed by atoms with Gasteiger partial charge in [0.05, 0.1) is 12.9 Å². The van der Waals surface area contributed by atoms with Gasteiger partial charge in [-0.25, -0.2) is 0 Å². The van der Waals surface area contributed by atoms with E-state index in [2.05, 4.69) is 5.16 Å². The van der Waals surface area contributed by atoms with Gasteiger partial charge in [-0.1, -0.05) is 35.5 Å². The van der Waals surface area contributed by atoms with Crippen LogP contribution in [0.1, 0.15) is 18.2 Å². The second kappa shape index (κ2) is 8.21. The number of carbonyl (C=O) groups excluding carboxylic acids is 1. The molecule has 1 aliphatic rings. The smallest absolute Gasteiger partial charge is 0.239 e. The minimum absolute atomic E-state index is 0.0522. The Bertz CT molecular complexity index is 1060. The van der Waals surface area contributed by atoms with Crippen LogP contribution in [0.15, 0.2) is 59.1 Å². The largest absolute Gasteiger partial charge is 0.496 e. The topological polar surface area (TPSA) is 72.6 Å². The molecule has 0 bridgehead atoms. The summed E-state index contributed by atoms with van der Waals surface area (Å²) < 4.78 is 23.3. The lowest BCUT2D eigenvalue weighted by Crippen LogP contribution is -2.38. The summed E-state index contributed by atoms with van der Waals surface area (Å²) in [5.74, 6) is 1.11. The maximum absolute atomic E-state index is 12.8. The average molecular weight is 410 g/mol. The molecule has 2 heterocycles. The molecule has 4 rings (SSSR count). The molecule has 0 aliphatic carbocycles. The van der Waals surface area contributed by atoms with Crippen LogP contribution in [0.2, 0.25) is 0 Å². The monoisotopic (exact) mass is 410 g/mol. The normalized spacial score (nSPS) is 16.5. The SMILES string of the molecule is COc1ccccc1-c1cc(C[S@](=O)CC(=O)N2c3ccccc3C[C@H]2C)on1. The molecule has 3 aromatic rings. The highest BCUT2D eigenvalue weighted by atomic mass is 32.2. The number of benzene rings is 2. The van der Waals surface area contributed by atoms with Crippen molar-refractivity contribution in [3.8, 4) is 17.0 Å². The van der Waals surface area contributed by atoms with E-state index in [0.717, 1.165) is 23.2 Å². The van der Waals surface area contributed by atoms with E-state index in [0.29, 0.717) is 17.2 Å². The highest BCUT2D eigenvalue weighted by molar-refractivity contribution is 7.84. The van der Waals surface area contributed by atoms with Gasteiger partial charge in [0.2, 0.25) is 5.91 Å². The number of carbonyl (C=O) groups is 1. The first-order valence-corrected chi connectivity index (χ1v) is 10.9. The first-order valence-electron chi connectivity index (χ1n) is 9.40. The van der Waals surface area contributed by atoms with Gasteiger partial charge in [0, 0.05) is 34.2 Å². The summed E-state index contributed by atoms with van der Waals surface area (Å²) in [4.78, 5) is 14.6. The van der Waals surface area contributed by atoms with Gasteiger partial charge >= 0.3 is 0 Å². The highest BCUT2D eigenvalue weighted by Gasteiger charge is 2.31. The van der Waals surface area contributed by atoms with Gasteiger partial charge in [0.1, 0.15) is 23.0 Å². The first-order chi connectivity index (χ1) is 14.1. The predicted octanol–water partition coefficient (Wildman–Crippen LogP) is 3.58. The van der Waals surface area contributed by atoms with Crippen molar-refractivity contribution >= 4 is 22.4 Å². The Hall–Kier alpha value is -2.93. The van der Waals surface area contributed by atoms with E-state index < -0.39 is 10.8 Å². The number of fused-ring (bicyclic) bond motifs is 1. The van der Waals surface area contributed by atoms with E-state index in [1.54, 1.807) is 18.1 Å². The second-order valence-electron chi connectivity index (χ2n) is 7.05. The van der Waals surface area contributed by atoms with E-state index >= 15 is 0 Å². The van der Waals surface area contributed by atoms with E-state index in [1.165, 1.54) is 0 Å². The van der Waals surface area contributed by atoms with Gasteiger partial charge in [-0.2, -0.15) is 0 Å². The molecule has 2 atom stereocenters.